The van der Waals surface area contributed by atoms with E-state index in [-0.39, 0.29) is 0 Å². The van der Waals surface area contributed by atoms with Crippen LogP contribution < -0.4 is 0 Å². The zero-order valence-corrected chi connectivity index (χ0v) is 6.56. The van der Waals surface area contributed by atoms with Gasteiger partial charge in [-0.25, -0.2) is 0 Å². The van der Waals surface area contributed by atoms with Gasteiger partial charge in [-0.3, -0.25) is 4.68 Å². The zero-order chi connectivity index (χ0) is 6.97. The molecule has 0 unspecified atom stereocenters. The van der Waals surface area contributed by atoms with Crippen LogP contribution in [0.1, 0.15) is 6.92 Å². The second-order valence-corrected chi connectivity index (χ2v) is 3.10. The number of fused-ring (bicyclic) bond motifs is 1. The third kappa shape index (κ3) is 0.743. The Labute approximate surface area is 63.1 Å². The number of aromatic nitrogens is 2. The molecule has 0 spiro atoms. The average molecular weight is 152 g/mol. The van der Waals surface area contributed by atoms with Crippen molar-refractivity contribution >= 4 is 21.6 Å². The molecule has 0 bridgehead atoms. The average Bonchev–Trinajstić information content (AvgIpc) is 2.42. The molecule has 0 aliphatic carbocycles. The van der Waals surface area contributed by atoms with Crippen molar-refractivity contribution < 1.29 is 0 Å². The standard InChI is InChI=1S/C7H8N2S/c1-2-9-5-7-6(8-9)3-4-10-7/h3-5H,2H2,1H3. The van der Waals surface area contributed by atoms with Gasteiger partial charge < -0.3 is 0 Å². The molecule has 0 atom stereocenters. The quantitative estimate of drug-likeness (QED) is 0.612. The minimum atomic E-state index is 0.960. The van der Waals surface area contributed by atoms with E-state index in [1.807, 2.05) is 10.7 Å². The largest absolute Gasteiger partial charge is 0.271 e. The number of nitrogens with zero attached hydrogens (tertiary/aromatic N) is 2. The van der Waals surface area contributed by atoms with Crippen molar-refractivity contribution in [3.63, 3.8) is 0 Å². The molecule has 0 aromatic carbocycles. The molecule has 10 heavy (non-hydrogen) atoms. The Morgan fingerprint density at radius 1 is 1.70 bits per heavy atom. The Bertz CT molecular complexity index is 305. The lowest BCUT2D eigenvalue weighted by molar-refractivity contribution is 0.668. The highest BCUT2D eigenvalue weighted by atomic mass is 32.1. The molecule has 0 saturated heterocycles. The Morgan fingerprint density at radius 2 is 2.60 bits per heavy atom. The third-order valence-corrected chi connectivity index (χ3v) is 2.34. The second kappa shape index (κ2) is 2.09. The summed E-state index contributed by atoms with van der Waals surface area (Å²) in [7, 11) is 0. The van der Waals surface area contributed by atoms with Gasteiger partial charge in [0.05, 0.1) is 4.70 Å². The third-order valence-electron chi connectivity index (χ3n) is 1.50. The normalized spacial score (nSPS) is 10.9. The molecular weight excluding hydrogens is 144 g/mol. The molecule has 52 valence electrons. The van der Waals surface area contributed by atoms with Crippen LogP contribution in [-0.2, 0) is 6.54 Å². The summed E-state index contributed by atoms with van der Waals surface area (Å²) < 4.78 is 3.24. The number of hydrogen-bond acceptors (Lipinski definition) is 2. The van der Waals surface area contributed by atoms with E-state index in [0.717, 1.165) is 12.1 Å². The molecule has 0 amide bonds. The minimum absolute atomic E-state index is 0.960. The second-order valence-electron chi connectivity index (χ2n) is 2.15. The van der Waals surface area contributed by atoms with Gasteiger partial charge in [-0.15, -0.1) is 11.3 Å². The molecule has 0 aliphatic rings. The molecule has 2 rings (SSSR count). The van der Waals surface area contributed by atoms with Gasteiger partial charge in [-0.1, -0.05) is 0 Å². The van der Waals surface area contributed by atoms with E-state index in [1.54, 1.807) is 11.3 Å². The van der Waals surface area contributed by atoms with Crippen LogP contribution >= 0.6 is 11.3 Å². The first-order valence-electron chi connectivity index (χ1n) is 3.31. The molecule has 2 aromatic rings. The molecule has 0 radical (unpaired) electrons. The van der Waals surface area contributed by atoms with E-state index in [1.165, 1.54) is 4.70 Å². The van der Waals surface area contributed by atoms with Crippen molar-refractivity contribution in [3.8, 4) is 0 Å². The van der Waals surface area contributed by atoms with Crippen molar-refractivity contribution in [2.24, 2.45) is 0 Å². The minimum Gasteiger partial charge on any atom is -0.271 e. The van der Waals surface area contributed by atoms with Gasteiger partial charge in [0, 0.05) is 12.7 Å². The molecule has 3 heteroatoms. The highest BCUT2D eigenvalue weighted by molar-refractivity contribution is 7.17. The van der Waals surface area contributed by atoms with Crippen LogP contribution in [0, 0.1) is 0 Å². The van der Waals surface area contributed by atoms with E-state index < -0.39 is 0 Å². The lowest BCUT2D eigenvalue weighted by Crippen LogP contribution is -1.92. The first-order chi connectivity index (χ1) is 4.90. The van der Waals surface area contributed by atoms with Crippen LogP contribution in [0.5, 0.6) is 0 Å². The number of rotatable bonds is 1. The highest BCUT2D eigenvalue weighted by Crippen LogP contribution is 2.17. The fourth-order valence-electron chi connectivity index (χ4n) is 0.958. The van der Waals surface area contributed by atoms with Crippen molar-refractivity contribution in [1.82, 2.24) is 9.78 Å². The van der Waals surface area contributed by atoms with Crippen molar-refractivity contribution in [3.05, 3.63) is 17.6 Å². The first-order valence-corrected chi connectivity index (χ1v) is 4.19. The summed E-state index contributed by atoms with van der Waals surface area (Å²) in [5.74, 6) is 0. The predicted molar refractivity (Wildman–Crippen MR) is 43.3 cm³/mol. The number of thiophene rings is 1. The highest BCUT2D eigenvalue weighted by Gasteiger charge is 1.97. The van der Waals surface area contributed by atoms with Crippen LogP contribution in [0.15, 0.2) is 17.6 Å². The summed E-state index contributed by atoms with van der Waals surface area (Å²) in [5, 5.41) is 6.39. The van der Waals surface area contributed by atoms with Crippen molar-refractivity contribution in [1.29, 1.82) is 0 Å². The summed E-state index contributed by atoms with van der Waals surface area (Å²) in [6.45, 7) is 3.05. The Kier molecular flexibility index (Phi) is 1.24. The Hall–Kier alpha value is -0.830. The van der Waals surface area contributed by atoms with E-state index in [0.29, 0.717) is 0 Å². The zero-order valence-electron chi connectivity index (χ0n) is 5.74. The number of aryl methyl sites for hydroxylation is 1. The Morgan fingerprint density at radius 3 is 3.30 bits per heavy atom. The van der Waals surface area contributed by atoms with Crippen LogP contribution in [0.2, 0.25) is 0 Å². The van der Waals surface area contributed by atoms with E-state index in [4.69, 9.17) is 0 Å². The van der Waals surface area contributed by atoms with E-state index >= 15 is 0 Å². The van der Waals surface area contributed by atoms with Crippen LogP contribution in [0.4, 0.5) is 0 Å². The molecular formula is C7H8N2S. The van der Waals surface area contributed by atoms with E-state index in [2.05, 4.69) is 23.6 Å². The van der Waals surface area contributed by atoms with Gasteiger partial charge in [0.25, 0.3) is 0 Å². The maximum Gasteiger partial charge on any atom is 0.103 e. The SMILES string of the molecule is CCn1cc2sccc2n1. The van der Waals surface area contributed by atoms with Gasteiger partial charge in [-0.2, -0.15) is 5.10 Å². The van der Waals surface area contributed by atoms with Gasteiger partial charge in [0.1, 0.15) is 5.52 Å². The summed E-state index contributed by atoms with van der Waals surface area (Å²) in [5.41, 5.74) is 1.12. The molecule has 2 nitrogen and oxygen atoms in total. The maximum atomic E-state index is 4.32. The smallest absolute Gasteiger partial charge is 0.103 e. The van der Waals surface area contributed by atoms with Gasteiger partial charge in [0.2, 0.25) is 0 Å². The topological polar surface area (TPSA) is 17.8 Å². The first kappa shape index (κ1) is 5.92. The summed E-state index contributed by atoms with van der Waals surface area (Å²) in [6, 6.07) is 2.05. The fourth-order valence-corrected chi connectivity index (χ4v) is 1.71. The molecule has 0 fully saturated rings. The fraction of sp³-hybridized carbons (Fsp3) is 0.286. The summed E-state index contributed by atoms with van der Waals surface area (Å²) in [4.78, 5) is 0. The lowest BCUT2D eigenvalue weighted by atomic mass is 10.5. The number of hydrogen-bond donors (Lipinski definition) is 0. The van der Waals surface area contributed by atoms with E-state index in [9.17, 15) is 0 Å². The van der Waals surface area contributed by atoms with Crippen molar-refractivity contribution in [2.75, 3.05) is 0 Å². The lowest BCUT2D eigenvalue weighted by Gasteiger charge is -1.88. The molecule has 2 heterocycles. The van der Waals surface area contributed by atoms with Crippen LogP contribution in [0.3, 0.4) is 0 Å². The summed E-state index contributed by atoms with van der Waals surface area (Å²) in [6.07, 6.45) is 2.08. The van der Waals surface area contributed by atoms with Crippen LogP contribution in [-0.4, -0.2) is 9.78 Å². The summed E-state index contributed by atoms with van der Waals surface area (Å²) >= 11 is 1.74. The van der Waals surface area contributed by atoms with Crippen LogP contribution in [0.25, 0.3) is 10.2 Å². The van der Waals surface area contributed by atoms with Gasteiger partial charge in [0.15, 0.2) is 0 Å². The van der Waals surface area contributed by atoms with Crippen molar-refractivity contribution in [2.45, 2.75) is 13.5 Å². The molecule has 0 saturated carbocycles. The monoisotopic (exact) mass is 152 g/mol. The van der Waals surface area contributed by atoms with Gasteiger partial charge in [-0.05, 0) is 18.4 Å². The Balaban J connectivity index is 2.67. The molecule has 0 aliphatic heterocycles. The van der Waals surface area contributed by atoms with Gasteiger partial charge >= 0.3 is 0 Å². The molecule has 2 aromatic heterocycles. The molecule has 0 N–H and O–H groups in total. The predicted octanol–water partition coefficient (Wildman–Crippen LogP) is 2.12. The maximum absolute atomic E-state index is 4.32.